The number of fused-ring (bicyclic) bond motifs is 1. The molecule has 6 heteroatoms. The molecule has 0 saturated heterocycles. The van der Waals surface area contributed by atoms with Gasteiger partial charge in [0.2, 0.25) is 0 Å². The van der Waals surface area contributed by atoms with E-state index in [1.807, 2.05) is 19.1 Å². The number of methoxy groups -OCH3 is 1. The lowest BCUT2D eigenvalue weighted by Crippen LogP contribution is -2.08. The molecular formula is C14H20ClN3O2. The number of nitrogens with zero attached hydrogens (tertiary/aromatic N) is 3. The summed E-state index contributed by atoms with van der Waals surface area (Å²) in [5, 5.41) is 0. The van der Waals surface area contributed by atoms with E-state index < -0.39 is 0 Å². The van der Waals surface area contributed by atoms with Gasteiger partial charge in [-0.2, -0.15) is 0 Å². The molecule has 2 aromatic rings. The summed E-state index contributed by atoms with van der Waals surface area (Å²) in [6, 6.07) is 3.95. The molecular weight excluding hydrogens is 278 g/mol. The molecule has 2 aromatic heterocycles. The molecule has 0 aliphatic rings. The van der Waals surface area contributed by atoms with E-state index in [1.54, 1.807) is 7.11 Å². The molecule has 2 rings (SSSR count). The molecule has 0 radical (unpaired) electrons. The van der Waals surface area contributed by atoms with Gasteiger partial charge in [-0.1, -0.05) is 0 Å². The van der Waals surface area contributed by atoms with Gasteiger partial charge in [-0.05, 0) is 25.5 Å². The minimum absolute atomic E-state index is 0.389. The summed E-state index contributed by atoms with van der Waals surface area (Å²) in [6.45, 7) is 4.73. The number of aryl methyl sites for hydroxylation is 2. The third-order valence-corrected chi connectivity index (χ3v) is 3.27. The summed E-state index contributed by atoms with van der Waals surface area (Å²) < 4.78 is 12.5. The van der Waals surface area contributed by atoms with E-state index >= 15 is 0 Å². The second kappa shape index (κ2) is 7.57. The van der Waals surface area contributed by atoms with E-state index in [0.29, 0.717) is 25.7 Å². The van der Waals surface area contributed by atoms with Gasteiger partial charge >= 0.3 is 0 Å². The number of pyridine rings is 1. The van der Waals surface area contributed by atoms with Crippen molar-refractivity contribution in [1.29, 1.82) is 0 Å². The highest BCUT2D eigenvalue weighted by Crippen LogP contribution is 2.16. The van der Waals surface area contributed by atoms with Crippen molar-refractivity contribution >= 4 is 22.8 Å². The Morgan fingerprint density at radius 3 is 2.80 bits per heavy atom. The van der Waals surface area contributed by atoms with Crippen LogP contribution < -0.4 is 0 Å². The van der Waals surface area contributed by atoms with Crippen molar-refractivity contribution in [3.05, 3.63) is 23.7 Å². The van der Waals surface area contributed by atoms with Crippen molar-refractivity contribution < 1.29 is 9.47 Å². The van der Waals surface area contributed by atoms with E-state index in [2.05, 4.69) is 14.5 Å². The summed E-state index contributed by atoms with van der Waals surface area (Å²) >= 11 is 5.97. The molecule has 0 bridgehead atoms. The van der Waals surface area contributed by atoms with Crippen LogP contribution in [0.4, 0.5) is 0 Å². The van der Waals surface area contributed by atoms with Gasteiger partial charge in [-0.15, -0.1) is 11.6 Å². The minimum atomic E-state index is 0.389. The Morgan fingerprint density at radius 2 is 2.05 bits per heavy atom. The molecule has 0 unspecified atom stereocenters. The minimum Gasteiger partial charge on any atom is -0.382 e. The van der Waals surface area contributed by atoms with Crippen LogP contribution in [-0.2, 0) is 21.9 Å². The first-order valence-electron chi connectivity index (χ1n) is 6.71. The monoisotopic (exact) mass is 297 g/mol. The predicted octanol–water partition coefficient (Wildman–Crippen LogP) is 2.53. The summed E-state index contributed by atoms with van der Waals surface area (Å²) in [6.07, 6.45) is 0.898. The van der Waals surface area contributed by atoms with Crippen LogP contribution in [0.5, 0.6) is 0 Å². The largest absolute Gasteiger partial charge is 0.382 e. The van der Waals surface area contributed by atoms with E-state index in [1.165, 1.54) is 0 Å². The summed E-state index contributed by atoms with van der Waals surface area (Å²) in [7, 11) is 1.67. The number of alkyl halides is 1. The standard InChI is InChI=1S/C14H20ClN3O2/c1-11-4-5-12-14(16-11)18(13(10-15)17-12)6-3-7-20-9-8-19-2/h4-5H,3,6-10H2,1-2H3. The highest BCUT2D eigenvalue weighted by Gasteiger charge is 2.10. The number of halogens is 1. The first-order chi connectivity index (χ1) is 9.76. The Morgan fingerprint density at radius 1 is 1.20 bits per heavy atom. The van der Waals surface area contributed by atoms with Gasteiger partial charge in [0.05, 0.1) is 19.1 Å². The predicted molar refractivity (Wildman–Crippen MR) is 79.1 cm³/mol. The van der Waals surface area contributed by atoms with Crippen molar-refractivity contribution in [2.45, 2.75) is 25.8 Å². The molecule has 0 aromatic carbocycles. The summed E-state index contributed by atoms with van der Waals surface area (Å²) in [4.78, 5) is 9.06. The Bertz CT molecular complexity index is 557. The van der Waals surface area contributed by atoms with Gasteiger partial charge < -0.3 is 14.0 Å². The van der Waals surface area contributed by atoms with E-state index in [9.17, 15) is 0 Å². The van der Waals surface area contributed by atoms with Crippen molar-refractivity contribution in [3.8, 4) is 0 Å². The zero-order valence-corrected chi connectivity index (χ0v) is 12.7. The second-order valence-electron chi connectivity index (χ2n) is 4.57. The van der Waals surface area contributed by atoms with Crippen LogP contribution in [0.3, 0.4) is 0 Å². The molecule has 0 fully saturated rings. The third kappa shape index (κ3) is 3.69. The van der Waals surface area contributed by atoms with E-state index in [4.69, 9.17) is 21.1 Å². The molecule has 110 valence electrons. The normalized spacial score (nSPS) is 11.3. The lowest BCUT2D eigenvalue weighted by Gasteiger charge is -2.08. The van der Waals surface area contributed by atoms with Gasteiger partial charge in [0.15, 0.2) is 5.65 Å². The van der Waals surface area contributed by atoms with E-state index in [-0.39, 0.29) is 0 Å². The molecule has 0 N–H and O–H groups in total. The Kier molecular flexibility index (Phi) is 5.76. The van der Waals surface area contributed by atoms with Gasteiger partial charge in [0.25, 0.3) is 0 Å². The first-order valence-corrected chi connectivity index (χ1v) is 7.25. The molecule has 0 spiro atoms. The smallest absolute Gasteiger partial charge is 0.160 e. The summed E-state index contributed by atoms with van der Waals surface area (Å²) in [5.41, 5.74) is 2.78. The third-order valence-electron chi connectivity index (χ3n) is 3.03. The average molecular weight is 298 g/mol. The summed E-state index contributed by atoms with van der Waals surface area (Å²) in [5.74, 6) is 1.25. The van der Waals surface area contributed by atoms with Gasteiger partial charge in [0, 0.05) is 26.0 Å². The molecule has 0 aliphatic heterocycles. The average Bonchev–Trinajstić information content (AvgIpc) is 2.80. The van der Waals surface area contributed by atoms with Crippen LogP contribution >= 0.6 is 11.6 Å². The van der Waals surface area contributed by atoms with Crippen LogP contribution in [0.1, 0.15) is 17.9 Å². The zero-order chi connectivity index (χ0) is 14.4. The zero-order valence-electron chi connectivity index (χ0n) is 11.9. The van der Waals surface area contributed by atoms with E-state index in [0.717, 1.165) is 35.6 Å². The van der Waals surface area contributed by atoms with Crippen molar-refractivity contribution in [1.82, 2.24) is 14.5 Å². The fourth-order valence-electron chi connectivity index (χ4n) is 2.05. The van der Waals surface area contributed by atoms with Crippen LogP contribution in [0, 0.1) is 6.92 Å². The number of imidazole rings is 1. The lowest BCUT2D eigenvalue weighted by atomic mass is 10.3. The maximum Gasteiger partial charge on any atom is 0.160 e. The van der Waals surface area contributed by atoms with Gasteiger partial charge in [-0.3, -0.25) is 0 Å². The Hall–Kier alpha value is -1.17. The Balaban J connectivity index is 2.02. The number of hydrogen-bond donors (Lipinski definition) is 0. The SMILES string of the molecule is COCCOCCCn1c(CCl)nc2ccc(C)nc21. The number of rotatable bonds is 8. The van der Waals surface area contributed by atoms with Crippen molar-refractivity contribution in [3.63, 3.8) is 0 Å². The highest BCUT2D eigenvalue weighted by atomic mass is 35.5. The first kappa shape index (κ1) is 15.2. The quantitative estimate of drug-likeness (QED) is 0.555. The van der Waals surface area contributed by atoms with Crippen LogP contribution in [-0.4, -0.2) is 41.5 Å². The van der Waals surface area contributed by atoms with Gasteiger partial charge in [-0.25, -0.2) is 9.97 Å². The highest BCUT2D eigenvalue weighted by molar-refractivity contribution is 6.16. The van der Waals surface area contributed by atoms with Crippen molar-refractivity contribution in [2.24, 2.45) is 0 Å². The van der Waals surface area contributed by atoms with Crippen LogP contribution in [0.2, 0.25) is 0 Å². The Labute approximate surface area is 123 Å². The second-order valence-corrected chi connectivity index (χ2v) is 4.83. The maximum atomic E-state index is 5.97. The lowest BCUT2D eigenvalue weighted by molar-refractivity contribution is 0.0680. The molecule has 5 nitrogen and oxygen atoms in total. The van der Waals surface area contributed by atoms with Gasteiger partial charge in [0.1, 0.15) is 11.3 Å². The molecule has 0 atom stereocenters. The molecule has 2 heterocycles. The van der Waals surface area contributed by atoms with Crippen molar-refractivity contribution in [2.75, 3.05) is 26.9 Å². The molecule has 20 heavy (non-hydrogen) atoms. The number of hydrogen-bond acceptors (Lipinski definition) is 4. The number of ether oxygens (including phenoxy) is 2. The fourth-order valence-corrected chi connectivity index (χ4v) is 2.25. The molecule has 0 amide bonds. The van der Waals surface area contributed by atoms with Crippen LogP contribution in [0.15, 0.2) is 12.1 Å². The molecule has 0 aliphatic carbocycles. The van der Waals surface area contributed by atoms with Crippen LogP contribution in [0.25, 0.3) is 11.2 Å². The molecule has 0 saturated carbocycles. The number of aromatic nitrogens is 3. The maximum absolute atomic E-state index is 5.97. The topological polar surface area (TPSA) is 49.2 Å². The fraction of sp³-hybridized carbons (Fsp3) is 0.571.